The number of aromatic nitrogens is 1. The molecule has 5 rings (SSSR count). The fourth-order valence-corrected chi connectivity index (χ4v) is 5.80. The van der Waals surface area contributed by atoms with Crippen molar-refractivity contribution in [2.75, 3.05) is 19.8 Å². The lowest BCUT2D eigenvalue weighted by Crippen LogP contribution is -2.52. The van der Waals surface area contributed by atoms with Crippen molar-refractivity contribution in [3.05, 3.63) is 59.5 Å². The van der Waals surface area contributed by atoms with Gasteiger partial charge in [0.05, 0.1) is 21.9 Å². The zero-order valence-electron chi connectivity index (χ0n) is 15.3. The summed E-state index contributed by atoms with van der Waals surface area (Å²) in [6, 6.07) is 10.2. The Kier molecular flexibility index (Phi) is 4.08. The van der Waals surface area contributed by atoms with E-state index in [1.54, 1.807) is 12.1 Å². The predicted molar refractivity (Wildman–Crippen MR) is 104 cm³/mol. The number of hydrogen-bond donors (Lipinski definition) is 2. The second kappa shape index (κ2) is 6.40. The Morgan fingerprint density at radius 3 is 2.75 bits per heavy atom. The zero-order chi connectivity index (χ0) is 19.4. The van der Waals surface area contributed by atoms with E-state index in [0.29, 0.717) is 6.61 Å². The van der Waals surface area contributed by atoms with Gasteiger partial charge in [-0.25, -0.2) is 12.8 Å². The summed E-state index contributed by atoms with van der Waals surface area (Å²) in [5.74, 6) is -0.567. The van der Waals surface area contributed by atoms with Crippen LogP contribution < -0.4 is 5.32 Å². The van der Waals surface area contributed by atoms with E-state index in [1.165, 1.54) is 23.8 Å². The third-order valence-corrected chi connectivity index (χ3v) is 7.60. The molecule has 3 aromatic rings. The van der Waals surface area contributed by atoms with Crippen LogP contribution in [0.5, 0.6) is 0 Å². The monoisotopic (exact) mass is 400 g/mol. The van der Waals surface area contributed by atoms with E-state index in [0.717, 1.165) is 55.1 Å². The molecule has 1 spiro atoms. The van der Waals surface area contributed by atoms with Crippen LogP contribution in [0.1, 0.15) is 24.1 Å². The molecule has 0 saturated carbocycles. The molecule has 0 radical (unpaired) electrons. The van der Waals surface area contributed by atoms with Gasteiger partial charge in [-0.2, -0.15) is 0 Å². The number of hydrogen-bond acceptors (Lipinski definition) is 4. The molecule has 3 heterocycles. The second-order valence-corrected chi connectivity index (χ2v) is 9.51. The summed E-state index contributed by atoms with van der Waals surface area (Å²) in [7, 11) is -3.79. The SMILES string of the molecule is O=S(=O)(c1cccc(F)c1)c1ccc2c3c([nH]c2c1)C1(CCCOC1)NCC3. The van der Waals surface area contributed by atoms with Gasteiger partial charge in [0, 0.05) is 29.7 Å². The lowest BCUT2D eigenvalue weighted by molar-refractivity contribution is 0.0136. The molecule has 2 aliphatic heterocycles. The van der Waals surface area contributed by atoms with E-state index in [-0.39, 0.29) is 15.3 Å². The fraction of sp³-hybridized carbons (Fsp3) is 0.333. The molecule has 2 N–H and O–H groups in total. The maximum absolute atomic E-state index is 13.5. The number of aromatic amines is 1. The quantitative estimate of drug-likeness (QED) is 0.693. The summed E-state index contributed by atoms with van der Waals surface area (Å²) in [6.45, 7) is 2.25. The molecule has 7 heteroatoms. The number of ether oxygens (including phenoxy) is 1. The Hall–Kier alpha value is -2.22. The van der Waals surface area contributed by atoms with Gasteiger partial charge in [-0.3, -0.25) is 0 Å². The van der Waals surface area contributed by atoms with Crippen LogP contribution in [-0.2, 0) is 26.5 Å². The predicted octanol–water partition coefficient (Wildman–Crippen LogP) is 3.29. The summed E-state index contributed by atoms with van der Waals surface area (Å²) >= 11 is 0. The lowest BCUT2D eigenvalue weighted by Gasteiger charge is -2.41. The highest BCUT2D eigenvalue weighted by Gasteiger charge is 2.40. The number of halogens is 1. The number of benzene rings is 2. The highest BCUT2D eigenvalue weighted by Crippen LogP contribution is 2.39. The van der Waals surface area contributed by atoms with Crippen LogP contribution in [0.2, 0.25) is 0 Å². The van der Waals surface area contributed by atoms with Gasteiger partial charge >= 0.3 is 0 Å². The Morgan fingerprint density at radius 2 is 1.96 bits per heavy atom. The molecule has 1 atom stereocenters. The Balaban J connectivity index is 1.63. The summed E-state index contributed by atoms with van der Waals surface area (Å²) in [6.07, 6.45) is 2.86. The normalized spacial score (nSPS) is 22.5. The van der Waals surface area contributed by atoms with Crippen LogP contribution in [-0.4, -0.2) is 33.2 Å². The van der Waals surface area contributed by atoms with Crippen molar-refractivity contribution in [3.63, 3.8) is 0 Å². The fourth-order valence-electron chi connectivity index (χ4n) is 4.49. The maximum Gasteiger partial charge on any atom is 0.206 e. The lowest BCUT2D eigenvalue weighted by atomic mass is 9.83. The van der Waals surface area contributed by atoms with Gasteiger partial charge in [-0.1, -0.05) is 12.1 Å². The summed E-state index contributed by atoms with van der Waals surface area (Å²) in [5.41, 5.74) is 2.89. The average molecular weight is 400 g/mol. The molecular formula is C21H21FN2O3S. The van der Waals surface area contributed by atoms with E-state index in [9.17, 15) is 12.8 Å². The molecule has 2 aromatic carbocycles. The van der Waals surface area contributed by atoms with E-state index >= 15 is 0 Å². The first-order valence-corrected chi connectivity index (χ1v) is 11.0. The first kappa shape index (κ1) is 17.8. The highest BCUT2D eigenvalue weighted by molar-refractivity contribution is 7.91. The van der Waals surface area contributed by atoms with E-state index in [2.05, 4.69) is 10.3 Å². The van der Waals surface area contributed by atoms with E-state index in [1.807, 2.05) is 6.07 Å². The Morgan fingerprint density at radius 1 is 1.11 bits per heavy atom. The molecule has 0 amide bonds. The summed E-state index contributed by atoms with van der Waals surface area (Å²) in [5, 5.41) is 4.65. The van der Waals surface area contributed by atoms with Crippen molar-refractivity contribution in [1.82, 2.24) is 10.3 Å². The number of fused-ring (bicyclic) bond motifs is 4. The van der Waals surface area contributed by atoms with Crippen LogP contribution in [0.3, 0.4) is 0 Å². The van der Waals surface area contributed by atoms with E-state index in [4.69, 9.17) is 4.74 Å². The third kappa shape index (κ3) is 2.69. The minimum Gasteiger partial charge on any atom is -0.379 e. The molecule has 0 aliphatic carbocycles. The number of rotatable bonds is 2. The Bertz CT molecular complexity index is 1160. The standard InChI is InChI=1S/C21H21FN2O3S/c22-14-3-1-4-15(11-14)28(25,26)16-5-6-17-18-7-9-23-21(8-2-10-27-13-21)20(18)24-19(17)12-16/h1,3-6,11-12,23-24H,2,7-10,13H2. The molecule has 1 fully saturated rings. The van der Waals surface area contributed by atoms with Gasteiger partial charge in [-0.05, 0) is 55.2 Å². The third-order valence-electron chi connectivity index (χ3n) is 5.85. The minimum atomic E-state index is -3.79. The van der Waals surface area contributed by atoms with Crippen molar-refractivity contribution < 1.29 is 17.5 Å². The Labute approximate surface area is 162 Å². The summed E-state index contributed by atoms with van der Waals surface area (Å²) < 4.78 is 45.2. The minimum absolute atomic E-state index is 0.0398. The first-order valence-electron chi connectivity index (χ1n) is 9.48. The van der Waals surface area contributed by atoms with Gasteiger partial charge in [0.25, 0.3) is 0 Å². The molecule has 2 aliphatic rings. The molecular weight excluding hydrogens is 379 g/mol. The van der Waals surface area contributed by atoms with Gasteiger partial charge in [0.15, 0.2) is 0 Å². The van der Waals surface area contributed by atoms with E-state index < -0.39 is 15.7 Å². The van der Waals surface area contributed by atoms with Crippen LogP contribution >= 0.6 is 0 Å². The van der Waals surface area contributed by atoms with Crippen molar-refractivity contribution in [1.29, 1.82) is 0 Å². The second-order valence-electron chi connectivity index (χ2n) is 7.56. The average Bonchev–Trinajstić information content (AvgIpc) is 3.08. The summed E-state index contributed by atoms with van der Waals surface area (Å²) in [4.78, 5) is 3.59. The number of H-pyrrole nitrogens is 1. The number of nitrogens with one attached hydrogen (secondary N) is 2. The van der Waals surface area contributed by atoms with Crippen molar-refractivity contribution in [3.8, 4) is 0 Å². The van der Waals surface area contributed by atoms with Gasteiger partial charge in [0.1, 0.15) is 5.82 Å². The van der Waals surface area contributed by atoms with Crippen LogP contribution in [0.25, 0.3) is 10.9 Å². The largest absolute Gasteiger partial charge is 0.379 e. The van der Waals surface area contributed by atoms with Crippen molar-refractivity contribution >= 4 is 20.7 Å². The van der Waals surface area contributed by atoms with Crippen molar-refractivity contribution in [2.24, 2.45) is 0 Å². The van der Waals surface area contributed by atoms with Crippen LogP contribution in [0.15, 0.2) is 52.3 Å². The first-order chi connectivity index (χ1) is 13.5. The highest BCUT2D eigenvalue weighted by atomic mass is 32.2. The molecule has 0 bridgehead atoms. The van der Waals surface area contributed by atoms with Gasteiger partial charge in [0.2, 0.25) is 9.84 Å². The molecule has 146 valence electrons. The van der Waals surface area contributed by atoms with Crippen LogP contribution in [0, 0.1) is 5.82 Å². The van der Waals surface area contributed by atoms with Gasteiger partial charge in [-0.15, -0.1) is 0 Å². The zero-order valence-corrected chi connectivity index (χ0v) is 16.1. The van der Waals surface area contributed by atoms with Crippen molar-refractivity contribution in [2.45, 2.75) is 34.6 Å². The van der Waals surface area contributed by atoms with Crippen LogP contribution in [0.4, 0.5) is 4.39 Å². The van der Waals surface area contributed by atoms with Gasteiger partial charge < -0.3 is 15.0 Å². The maximum atomic E-state index is 13.5. The number of sulfone groups is 1. The molecule has 1 aromatic heterocycles. The molecule has 1 unspecified atom stereocenters. The molecule has 5 nitrogen and oxygen atoms in total. The molecule has 1 saturated heterocycles. The molecule has 28 heavy (non-hydrogen) atoms. The smallest absolute Gasteiger partial charge is 0.206 e. The topological polar surface area (TPSA) is 71.2 Å².